The number of carbonyl (C=O) groups excluding carboxylic acids is 2. The van der Waals surface area contributed by atoms with Gasteiger partial charge in [0, 0.05) is 52.4 Å². The van der Waals surface area contributed by atoms with Gasteiger partial charge in [-0.05, 0) is 25.0 Å². The van der Waals surface area contributed by atoms with Crippen LogP contribution >= 0.6 is 0 Å². The van der Waals surface area contributed by atoms with Gasteiger partial charge in [-0.3, -0.25) is 9.59 Å². The van der Waals surface area contributed by atoms with Crippen LogP contribution < -0.4 is 4.90 Å². The Morgan fingerprint density at radius 3 is 2.20 bits per heavy atom. The highest BCUT2D eigenvalue weighted by molar-refractivity contribution is 5.94. The summed E-state index contributed by atoms with van der Waals surface area (Å²) in [5, 5.41) is 0. The Kier molecular flexibility index (Phi) is 5.56. The van der Waals surface area contributed by atoms with Crippen LogP contribution in [0.4, 0.5) is 5.82 Å². The molecule has 0 bridgehead atoms. The quantitative estimate of drug-likeness (QED) is 0.842. The average Bonchev–Trinajstić information content (AvgIpc) is 2.67. The molecule has 6 nitrogen and oxygen atoms in total. The second-order valence-corrected chi connectivity index (χ2v) is 7.25. The van der Waals surface area contributed by atoms with Crippen LogP contribution in [0.15, 0.2) is 18.3 Å². The Morgan fingerprint density at radius 1 is 1.00 bits per heavy atom. The zero-order chi connectivity index (χ0) is 17.8. The van der Waals surface area contributed by atoms with Crippen molar-refractivity contribution in [1.82, 2.24) is 14.8 Å². The minimum Gasteiger partial charge on any atom is -0.363 e. The summed E-state index contributed by atoms with van der Waals surface area (Å²) in [4.78, 5) is 35.2. The predicted octanol–water partition coefficient (Wildman–Crippen LogP) is 2.01. The molecule has 6 heteroatoms. The topological polar surface area (TPSA) is 56.8 Å². The number of carbonyl (C=O) groups is 2. The summed E-state index contributed by atoms with van der Waals surface area (Å²) < 4.78 is 0. The van der Waals surface area contributed by atoms with Gasteiger partial charge in [-0.1, -0.05) is 19.3 Å². The van der Waals surface area contributed by atoms with E-state index in [-0.39, 0.29) is 11.8 Å². The van der Waals surface area contributed by atoms with Gasteiger partial charge in [-0.2, -0.15) is 0 Å². The van der Waals surface area contributed by atoms with E-state index in [1.807, 2.05) is 40.9 Å². The standard InChI is InChI=1S/C19H28N4O2/c1-21(2)17-9-8-16(14-20-17)19(25)23-12-10-22(11-13-23)18(24)15-6-4-3-5-7-15/h8-9,14-15H,3-7,10-13H2,1-2H3. The number of aromatic nitrogens is 1. The average molecular weight is 344 g/mol. The van der Waals surface area contributed by atoms with Crippen molar-refractivity contribution in [3.05, 3.63) is 23.9 Å². The Balaban J connectivity index is 1.54. The molecule has 136 valence electrons. The van der Waals surface area contributed by atoms with E-state index < -0.39 is 0 Å². The second-order valence-electron chi connectivity index (χ2n) is 7.25. The second kappa shape index (κ2) is 7.85. The van der Waals surface area contributed by atoms with Crippen LogP contribution in [0.3, 0.4) is 0 Å². The van der Waals surface area contributed by atoms with Crippen molar-refractivity contribution in [3.8, 4) is 0 Å². The van der Waals surface area contributed by atoms with Gasteiger partial charge in [0.05, 0.1) is 5.56 Å². The fourth-order valence-electron chi connectivity index (χ4n) is 3.70. The van der Waals surface area contributed by atoms with E-state index in [1.165, 1.54) is 19.3 Å². The van der Waals surface area contributed by atoms with E-state index in [9.17, 15) is 9.59 Å². The van der Waals surface area contributed by atoms with Crippen molar-refractivity contribution in [2.45, 2.75) is 32.1 Å². The highest BCUT2D eigenvalue weighted by atomic mass is 16.2. The van der Waals surface area contributed by atoms with Gasteiger partial charge in [-0.25, -0.2) is 4.98 Å². The van der Waals surface area contributed by atoms with Crippen LogP contribution in [0.5, 0.6) is 0 Å². The highest BCUT2D eigenvalue weighted by Crippen LogP contribution is 2.26. The SMILES string of the molecule is CN(C)c1ccc(C(=O)N2CCN(C(=O)C3CCCCC3)CC2)cn1. The van der Waals surface area contributed by atoms with Crippen molar-refractivity contribution < 1.29 is 9.59 Å². The van der Waals surface area contributed by atoms with E-state index in [1.54, 1.807) is 6.20 Å². The molecule has 2 fully saturated rings. The molecule has 2 aliphatic rings. The Hall–Kier alpha value is -2.11. The third kappa shape index (κ3) is 4.11. The molecule has 1 saturated heterocycles. The smallest absolute Gasteiger partial charge is 0.255 e. The summed E-state index contributed by atoms with van der Waals surface area (Å²) in [6, 6.07) is 3.68. The van der Waals surface area contributed by atoms with Crippen LogP contribution in [-0.2, 0) is 4.79 Å². The molecule has 1 aromatic heterocycles. The van der Waals surface area contributed by atoms with Crippen LogP contribution in [0.1, 0.15) is 42.5 Å². The maximum Gasteiger partial charge on any atom is 0.255 e. The molecular weight excluding hydrogens is 316 g/mol. The van der Waals surface area contributed by atoms with Crippen LogP contribution in [0.25, 0.3) is 0 Å². The number of anilines is 1. The molecule has 3 rings (SSSR count). The molecule has 25 heavy (non-hydrogen) atoms. The molecule has 0 N–H and O–H groups in total. The maximum absolute atomic E-state index is 12.6. The molecule has 1 aromatic rings. The van der Waals surface area contributed by atoms with Crippen molar-refractivity contribution in [3.63, 3.8) is 0 Å². The third-order valence-corrected chi connectivity index (χ3v) is 5.29. The van der Waals surface area contributed by atoms with Gasteiger partial charge in [0.2, 0.25) is 5.91 Å². The lowest BCUT2D eigenvalue weighted by atomic mass is 9.88. The molecule has 0 unspecified atom stereocenters. The first-order chi connectivity index (χ1) is 12.1. The van der Waals surface area contributed by atoms with E-state index in [0.717, 1.165) is 18.7 Å². The highest BCUT2D eigenvalue weighted by Gasteiger charge is 2.30. The minimum absolute atomic E-state index is 0.00238. The number of piperazine rings is 1. The number of amides is 2. The summed E-state index contributed by atoms with van der Waals surface area (Å²) in [5.41, 5.74) is 0.609. The summed E-state index contributed by atoms with van der Waals surface area (Å²) in [7, 11) is 3.85. The summed E-state index contributed by atoms with van der Waals surface area (Å²) in [5.74, 6) is 1.34. The van der Waals surface area contributed by atoms with Gasteiger partial charge in [-0.15, -0.1) is 0 Å². The van der Waals surface area contributed by atoms with E-state index in [2.05, 4.69) is 4.98 Å². The maximum atomic E-state index is 12.6. The fraction of sp³-hybridized carbons (Fsp3) is 0.632. The number of hydrogen-bond acceptors (Lipinski definition) is 4. The van der Waals surface area contributed by atoms with Gasteiger partial charge in [0.25, 0.3) is 5.91 Å². The van der Waals surface area contributed by atoms with Crippen LogP contribution in [-0.4, -0.2) is 66.9 Å². The first-order valence-corrected chi connectivity index (χ1v) is 9.27. The van der Waals surface area contributed by atoms with Gasteiger partial charge < -0.3 is 14.7 Å². The molecule has 1 saturated carbocycles. The van der Waals surface area contributed by atoms with Gasteiger partial charge in [0.1, 0.15) is 5.82 Å². The molecule has 2 amide bonds. The Morgan fingerprint density at radius 2 is 1.64 bits per heavy atom. The zero-order valence-electron chi connectivity index (χ0n) is 15.3. The van der Waals surface area contributed by atoms with Crippen molar-refractivity contribution in [2.24, 2.45) is 5.92 Å². The number of rotatable bonds is 3. The van der Waals surface area contributed by atoms with E-state index in [4.69, 9.17) is 0 Å². The molecule has 1 aliphatic carbocycles. The molecule has 0 spiro atoms. The van der Waals surface area contributed by atoms with E-state index in [0.29, 0.717) is 37.6 Å². The molecule has 0 aromatic carbocycles. The molecule has 2 heterocycles. The Labute approximate surface area is 149 Å². The molecule has 0 radical (unpaired) electrons. The van der Waals surface area contributed by atoms with E-state index >= 15 is 0 Å². The first-order valence-electron chi connectivity index (χ1n) is 9.27. The van der Waals surface area contributed by atoms with Crippen LogP contribution in [0, 0.1) is 5.92 Å². The molecule has 1 aliphatic heterocycles. The van der Waals surface area contributed by atoms with Crippen molar-refractivity contribution in [2.75, 3.05) is 45.2 Å². The predicted molar refractivity (Wildman–Crippen MR) is 97.6 cm³/mol. The summed E-state index contributed by atoms with van der Waals surface area (Å²) in [6.45, 7) is 2.49. The lowest BCUT2D eigenvalue weighted by Gasteiger charge is -2.37. The lowest BCUT2D eigenvalue weighted by Crippen LogP contribution is -2.52. The van der Waals surface area contributed by atoms with Crippen molar-refractivity contribution >= 4 is 17.6 Å². The van der Waals surface area contributed by atoms with Crippen molar-refractivity contribution in [1.29, 1.82) is 0 Å². The first kappa shape index (κ1) is 17.7. The molecular formula is C19H28N4O2. The minimum atomic E-state index is 0.00238. The Bertz CT molecular complexity index is 600. The zero-order valence-corrected chi connectivity index (χ0v) is 15.3. The number of nitrogens with zero attached hydrogens (tertiary/aromatic N) is 4. The fourth-order valence-corrected chi connectivity index (χ4v) is 3.70. The number of hydrogen-bond donors (Lipinski definition) is 0. The number of pyridine rings is 1. The van der Waals surface area contributed by atoms with Crippen LogP contribution in [0.2, 0.25) is 0 Å². The van der Waals surface area contributed by atoms with Gasteiger partial charge >= 0.3 is 0 Å². The third-order valence-electron chi connectivity index (χ3n) is 5.29. The monoisotopic (exact) mass is 344 g/mol. The van der Waals surface area contributed by atoms with Gasteiger partial charge in [0.15, 0.2) is 0 Å². The normalized spacial score (nSPS) is 19.0. The largest absolute Gasteiger partial charge is 0.363 e. The molecule has 0 atom stereocenters. The summed E-state index contributed by atoms with van der Waals surface area (Å²) in [6.07, 6.45) is 7.29. The summed E-state index contributed by atoms with van der Waals surface area (Å²) >= 11 is 0. The lowest BCUT2D eigenvalue weighted by molar-refractivity contribution is -0.138.